The molecule has 0 aliphatic heterocycles. The van der Waals surface area contributed by atoms with E-state index in [1.54, 1.807) is 29.4 Å². The average molecular weight is 288 g/mol. The minimum Gasteiger partial charge on any atom is -0.207 e. The molecule has 0 saturated heterocycles. The van der Waals surface area contributed by atoms with Gasteiger partial charge >= 0.3 is 0 Å². The predicted molar refractivity (Wildman–Crippen MR) is 73.4 cm³/mol. The second-order valence-corrected chi connectivity index (χ2v) is 6.97. The van der Waals surface area contributed by atoms with Gasteiger partial charge < -0.3 is 0 Å². The van der Waals surface area contributed by atoms with E-state index < -0.39 is 10.0 Å². The Balaban J connectivity index is 2.46. The summed E-state index contributed by atoms with van der Waals surface area (Å²) < 4.78 is 27.0. The topological polar surface area (TPSA) is 37.4 Å². The first kappa shape index (κ1) is 13.8. The summed E-state index contributed by atoms with van der Waals surface area (Å²) in [5.41, 5.74) is 0.712. The van der Waals surface area contributed by atoms with Gasteiger partial charge in [-0.05, 0) is 37.8 Å². The molecule has 1 aromatic rings. The molecule has 0 heterocycles. The third-order valence-corrected chi connectivity index (χ3v) is 5.71. The van der Waals surface area contributed by atoms with Crippen molar-refractivity contribution >= 4 is 21.6 Å². The van der Waals surface area contributed by atoms with Crippen molar-refractivity contribution in [2.75, 3.05) is 6.54 Å². The molecule has 2 rings (SSSR count). The molecule has 1 saturated carbocycles. The molecule has 0 N–H and O–H groups in total. The van der Waals surface area contributed by atoms with E-state index in [0.29, 0.717) is 17.1 Å². The lowest BCUT2D eigenvalue weighted by atomic mass is 10.2. The van der Waals surface area contributed by atoms with Crippen molar-refractivity contribution in [1.29, 1.82) is 0 Å². The van der Waals surface area contributed by atoms with Crippen molar-refractivity contribution in [2.45, 2.75) is 44.0 Å². The molecule has 1 aliphatic rings. The van der Waals surface area contributed by atoms with Crippen LogP contribution >= 0.6 is 11.6 Å². The highest BCUT2D eigenvalue weighted by Gasteiger charge is 2.38. The maximum atomic E-state index is 12.7. The first-order valence-corrected chi connectivity index (χ1v) is 8.07. The molecule has 0 radical (unpaired) electrons. The molecule has 3 nitrogen and oxygen atoms in total. The lowest BCUT2D eigenvalue weighted by Gasteiger charge is -2.22. The van der Waals surface area contributed by atoms with Crippen LogP contribution in [-0.4, -0.2) is 25.3 Å². The maximum absolute atomic E-state index is 12.7. The van der Waals surface area contributed by atoms with Crippen molar-refractivity contribution in [3.8, 4) is 0 Å². The van der Waals surface area contributed by atoms with Crippen LogP contribution in [0.1, 0.15) is 31.7 Å². The van der Waals surface area contributed by atoms with Crippen LogP contribution in [0.25, 0.3) is 0 Å². The molecule has 5 heteroatoms. The van der Waals surface area contributed by atoms with Gasteiger partial charge in [0.05, 0.1) is 5.02 Å². The molecule has 1 aromatic carbocycles. The van der Waals surface area contributed by atoms with Crippen molar-refractivity contribution in [3.63, 3.8) is 0 Å². The summed E-state index contributed by atoms with van der Waals surface area (Å²) in [4.78, 5) is 0.270. The Hall–Kier alpha value is -0.580. The third kappa shape index (κ3) is 2.56. The Labute approximate surface area is 114 Å². The van der Waals surface area contributed by atoms with Gasteiger partial charge in [0, 0.05) is 12.6 Å². The molecule has 0 spiro atoms. The number of rotatable bonds is 5. The van der Waals surface area contributed by atoms with Crippen molar-refractivity contribution < 1.29 is 8.42 Å². The quantitative estimate of drug-likeness (QED) is 0.834. The van der Waals surface area contributed by atoms with E-state index in [1.807, 2.05) is 6.92 Å². The van der Waals surface area contributed by atoms with Crippen LogP contribution in [0, 0.1) is 6.92 Å². The molecular formula is C13H18ClNO2S. The molecule has 0 amide bonds. The third-order valence-electron chi connectivity index (χ3n) is 3.13. The zero-order chi connectivity index (χ0) is 13.3. The van der Waals surface area contributed by atoms with Crippen LogP contribution in [-0.2, 0) is 10.0 Å². The smallest absolute Gasteiger partial charge is 0.207 e. The van der Waals surface area contributed by atoms with E-state index >= 15 is 0 Å². The van der Waals surface area contributed by atoms with Gasteiger partial charge in [-0.3, -0.25) is 0 Å². The van der Waals surface area contributed by atoms with Crippen LogP contribution in [0.15, 0.2) is 23.1 Å². The summed E-state index contributed by atoms with van der Waals surface area (Å²) in [5.74, 6) is 0. The zero-order valence-electron chi connectivity index (χ0n) is 10.7. The SMILES string of the molecule is CCCN(C1CC1)S(=O)(=O)c1c(C)cccc1Cl. The lowest BCUT2D eigenvalue weighted by Crippen LogP contribution is -2.34. The Morgan fingerprint density at radius 2 is 2.06 bits per heavy atom. The fourth-order valence-corrected chi connectivity index (χ4v) is 4.71. The number of hydrogen-bond acceptors (Lipinski definition) is 2. The Kier molecular flexibility index (Phi) is 3.99. The molecule has 0 bridgehead atoms. The van der Waals surface area contributed by atoms with Crippen molar-refractivity contribution in [3.05, 3.63) is 28.8 Å². The zero-order valence-corrected chi connectivity index (χ0v) is 12.3. The molecule has 1 aliphatic carbocycles. The van der Waals surface area contributed by atoms with Gasteiger partial charge in [0.2, 0.25) is 10.0 Å². The van der Waals surface area contributed by atoms with Gasteiger partial charge in [-0.2, -0.15) is 4.31 Å². The van der Waals surface area contributed by atoms with Crippen LogP contribution < -0.4 is 0 Å². The summed E-state index contributed by atoms with van der Waals surface area (Å²) in [7, 11) is -3.46. The normalized spacial score (nSPS) is 16.2. The molecular weight excluding hydrogens is 270 g/mol. The van der Waals surface area contributed by atoms with Crippen molar-refractivity contribution in [1.82, 2.24) is 4.31 Å². The van der Waals surface area contributed by atoms with E-state index in [4.69, 9.17) is 11.6 Å². The first-order chi connectivity index (χ1) is 8.48. The highest BCUT2D eigenvalue weighted by molar-refractivity contribution is 7.89. The van der Waals surface area contributed by atoms with E-state index in [9.17, 15) is 8.42 Å². The maximum Gasteiger partial charge on any atom is 0.245 e. The fraction of sp³-hybridized carbons (Fsp3) is 0.538. The lowest BCUT2D eigenvalue weighted by molar-refractivity contribution is 0.403. The van der Waals surface area contributed by atoms with Crippen LogP contribution in [0.5, 0.6) is 0 Å². The number of sulfonamides is 1. The Morgan fingerprint density at radius 3 is 2.56 bits per heavy atom. The largest absolute Gasteiger partial charge is 0.245 e. The van der Waals surface area contributed by atoms with Gasteiger partial charge in [-0.15, -0.1) is 0 Å². The minimum atomic E-state index is -3.46. The van der Waals surface area contributed by atoms with Crippen LogP contribution in [0.4, 0.5) is 0 Å². The van der Waals surface area contributed by atoms with E-state index in [2.05, 4.69) is 0 Å². The molecule has 0 atom stereocenters. The summed E-state index contributed by atoms with van der Waals surface area (Å²) in [5, 5.41) is 0.316. The van der Waals surface area contributed by atoms with Crippen LogP contribution in [0.2, 0.25) is 5.02 Å². The number of aryl methyl sites for hydroxylation is 1. The van der Waals surface area contributed by atoms with Gasteiger partial charge in [0.25, 0.3) is 0 Å². The number of benzene rings is 1. The summed E-state index contributed by atoms with van der Waals surface area (Å²) >= 11 is 6.08. The molecule has 0 unspecified atom stereocenters. The summed E-state index contributed by atoms with van der Waals surface area (Å²) in [6, 6.07) is 5.37. The predicted octanol–water partition coefficient (Wildman–Crippen LogP) is 3.21. The van der Waals surface area contributed by atoms with E-state index in [0.717, 1.165) is 19.3 Å². The van der Waals surface area contributed by atoms with Gasteiger partial charge in [0.15, 0.2) is 0 Å². The molecule has 1 fully saturated rings. The van der Waals surface area contributed by atoms with E-state index in [-0.39, 0.29) is 10.9 Å². The number of nitrogens with zero attached hydrogens (tertiary/aromatic N) is 1. The molecule has 18 heavy (non-hydrogen) atoms. The number of halogens is 1. The van der Waals surface area contributed by atoms with Crippen LogP contribution in [0.3, 0.4) is 0 Å². The van der Waals surface area contributed by atoms with Gasteiger partial charge in [0.1, 0.15) is 4.90 Å². The number of hydrogen-bond donors (Lipinski definition) is 0. The standard InChI is InChI=1S/C13H18ClNO2S/c1-3-9-15(11-7-8-11)18(16,17)13-10(2)5-4-6-12(13)14/h4-6,11H,3,7-9H2,1-2H3. The van der Waals surface area contributed by atoms with E-state index in [1.165, 1.54) is 0 Å². The molecule has 0 aromatic heterocycles. The monoisotopic (exact) mass is 287 g/mol. The van der Waals surface area contributed by atoms with Gasteiger partial charge in [-0.25, -0.2) is 8.42 Å². The Morgan fingerprint density at radius 1 is 1.39 bits per heavy atom. The Bertz CT molecular complexity index is 518. The summed E-state index contributed by atoms with van der Waals surface area (Å²) in [6.07, 6.45) is 2.74. The second kappa shape index (κ2) is 5.19. The van der Waals surface area contributed by atoms with Crippen molar-refractivity contribution in [2.24, 2.45) is 0 Å². The second-order valence-electron chi connectivity index (χ2n) is 4.73. The summed E-state index contributed by atoms with van der Waals surface area (Å²) in [6.45, 7) is 4.35. The highest BCUT2D eigenvalue weighted by atomic mass is 35.5. The minimum absolute atomic E-state index is 0.172. The van der Waals surface area contributed by atoms with Gasteiger partial charge in [-0.1, -0.05) is 30.7 Å². The average Bonchev–Trinajstić information content (AvgIpc) is 3.08. The first-order valence-electron chi connectivity index (χ1n) is 6.25. The molecule has 100 valence electrons. The fourth-order valence-electron chi connectivity index (χ4n) is 2.14. The highest BCUT2D eigenvalue weighted by Crippen LogP contribution is 2.35.